The number of anilines is 2. The van der Waals surface area contributed by atoms with Crippen molar-refractivity contribution in [2.75, 3.05) is 30.9 Å². The van der Waals surface area contributed by atoms with Crippen molar-refractivity contribution in [2.24, 2.45) is 0 Å². The number of benzene rings is 4. The molecule has 0 bridgehead atoms. The van der Waals surface area contributed by atoms with E-state index in [0.29, 0.717) is 54.1 Å². The first kappa shape index (κ1) is 30.1. The van der Waals surface area contributed by atoms with Crippen LogP contribution in [0.2, 0.25) is 0 Å². The van der Waals surface area contributed by atoms with Crippen LogP contribution in [-0.2, 0) is 16.0 Å². The van der Waals surface area contributed by atoms with E-state index in [0.717, 1.165) is 17.7 Å². The SMILES string of the molecule is CCCC(=O)c1ccccc1NCCOc1ccc(CC(Nc2ccccc2C(=O)c2ccccc2)C(=O)OC)cc1. The molecule has 4 aromatic rings. The Morgan fingerprint density at radius 2 is 1.40 bits per heavy atom. The Morgan fingerprint density at radius 3 is 2.10 bits per heavy atom. The fourth-order valence-corrected chi connectivity index (χ4v) is 4.63. The molecular weight excluding hydrogens is 528 g/mol. The standard InChI is InChI=1S/C35H36N2O5/c1-3-11-33(38)28-14-7-9-16-30(28)36-22-23-42-27-20-18-25(19-21-27)24-32(35(40)41-2)37-31-17-10-8-15-29(31)34(39)26-12-5-4-6-13-26/h4-10,12-21,32,36-37H,3,11,22-24H2,1-2H3. The Bertz CT molecular complexity index is 1490. The highest BCUT2D eigenvalue weighted by molar-refractivity contribution is 6.12. The van der Waals surface area contributed by atoms with Gasteiger partial charge in [-0.15, -0.1) is 0 Å². The Labute approximate surface area is 246 Å². The summed E-state index contributed by atoms with van der Waals surface area (Å²) >= 11 is 0. The number of ketones is 2. The number of ether oxygens (including phenoxy) is 2. The number of hydrogen-bond acceptors (Lipinski definition) is 7. The van der Waals surface area contributed by atoms with Crippen LogP contribution in [0.3, 0.4) is 0 Å². The molecule has 4 aromatic carbocycles. The first-order chi connectivity index (χ1) is 20.5. The highest BCUT2D eigenvalue weighted by Crippen LogP contribution is 2.22. The van der Waals surface area contributed by atoms with E-state index in [1.165, 1.54) is 7.11 Å². The number of methoxy groups -OCH3 is 1. The molecule has 1 unspecified atom stereocenters. The third-order valence-corrected chi connectivity index (χ3v) is 6.78. The van der Waals surface area contributed by atoms with Crippen molar-refractivity contribution in [1.29, 1.82) is 0 Å². The van der Waals surface area contributed by atoms with Crippen molar-refractivity contribution in [3.63, 3.8) is 0 Å². The predicted molar refractivity (Wildman–Crippen MR) is 166 cm³/mol. The lowest BCUT2D eigenvalue weighted by Gasteiger charge is -2.20. The summed E-state index contributed by atoms with van der Waals surface area (Å²) in [4.78, 5) is 38.2. The first-order valence-corrected chi connectivity index (χ1v) is 14.1. The molecule has 2 N–H and O–H groups in total. The fraction of sp³-hybridized carbons (Fsp3) is 0.229. The quantitative estimate of drug-likeness (QED) is 0.0956. The molecule has 0 aliphatic heterocycles. The molecular formula is C35H36N2O5. The second-order valence-corrected chi connectivity index (χ2v) is 9.80. The van der Waals surface area contributed by atoms with E-state index in [1.54, 1.807) is 30.3 Å². The Morgan fingerprint density at radius 1 is 0.762 bits per heavy atom. The summed E-state index contributed by atoms with van der Waals surface area (Å²) in [6, 6.07) is 30.5. The molecule has 4 rings (SSSR count). The van der Waals surface area contributed by atoms with Gasteiger partial charge in [-0.05, 0) is 48.4 Å². The zero-order chi connectivity index (χ0) is 29.7. The second kappa shape index (κ2) is 15.2. The highest BCUT2D eigenvalue weighted by Gasteiger charge is 2.22. The van der Waals surface area contributed by atoms with Crippen LogP contribution in [0.25, 0.3) is 0 Å². The molecule has 0 saturated carbocycles. The summed E-state index contributed by atoms with van der Waals surface area (Å²) in [5.41, 5.74) is 4.02. The van der Waals surface area contributed by atoms with Crippen molar-refractivity contribution >= 4 is 28.9 Å². The van der Waals surface area contributed by atoms with Gasteiger partial charge in [0.05, 0.1) is 7.11 Å². The average Bonchev–Trinajstić information content (AvgIpc) is 3.03. The van der Waals surface area contributed by atoms with Gasteiger partial charge in [0.2, 0.25) is 0 Å². The number of Topliss-reactive ketones (excluding diaryl/α,β-unsaturated/α-hetero) is 1. The van der Waals surface area contributed by atoms with Gasteiger partial charge in [-0.2, -0.15) is 0 Å². The number of rotatable bonds is 15. The maximum Gasteiger partial charge on any atom is 0.328 e. The van der Waals surface area contributed by atoms with Crippen LogP contribution in [0.4, 0.5) is 11.4 Å². The van der Waals surface area contributed by atoms with Gasteiger partial charge in [-0.3, -0.25) is 9.59 Å². The summed E-state index contributed by atoms with van der Waals surface area (Å²) < 4.78 is 11.0. The lowest BCUT2D eigenvalue weighted by Crippen LogP contribution is -2.33. The predicted octanol–water partition coefficient (Wildman–Crippen LogP) is 6.59. The Balaban J connectivity index is 1.36. The van der Waals surface area contributed by atoms with Gasteiger partial charge in [-0.25, -0.2) is 4.79 Å². The molecule has 7 heteroatoms. The van der Waals surface area contributed by atoms with Crippen LogP contribution in [-0.4, -0.2) is 43.8 Å². The molecule has 0 aliphatic carbocycles. The minimum Gasteiger partial charge on any atom is -0.492 e. The average molecular weight is 565 g/mol. The summed E-state index contributed by atoms with van der Waals surface area (Å²) in [6.07, 6.45) is 1.68. The summed E-state index contributed by atoms with van der Waals surface area (Å²) in [5.74, 6) is 0.260. The molecule has 0 saturated heterocycles. The van der Waals surface area contributed by atoms with E-state index in [1.807, 2.05) is 79.7 Å². The van der Waals surface area contributed by atoms with Crippen molar-refractivity contribution < 1.29 is 23.9 Å². The van der Waals surface area contributed by atoms with Crippen LogP contribution in [0.5, 0.6) is 5.75 Å². The normalized spacial score (nSPS) is 11.3. The van der Waals surface area contributed by atoms with Gasteiger partial charge in [0.15, 0.2) is 11.6 Å². The number of esters is 1. The van der Waals surface area contributed by atoms with E-state index in [4.69, 9.17) is 9.47 Å². The van der Waals surface area contributed by atoms with Gasteiger partial charge in [0, 0.05) is 47.5 Å². The molecule has 0 heterocycles. The summed E-state index contributed by atoms with van der Waals surface area (Å²) in [7, 11) is 1.35. The van der Waals surface area contributed by atoms with Crippen molar-refractivity contribution in [3.8, 4) is 5.75 Å². The minimum absolute atomic E-state index is 0.128. The van der Waals surface area contributed by atoms with Crippen LogP contribution in [0.15, 0.2) is 103 Å². The number of carbonyl (C=O) groups is 3. The van der Waals surface area contributed by atoms with Crippen LogP contribution in [0.1, 0.15) is 51.6 Å². The molecule has 0 spiro atoms. The zero-order valence-electron chi connectivity index (χ0n) is 24.0. The van der Waals surface area contributed by atoms with Gasteiger partial charge in [-0.1, -0.05) is 73.7 Å². The molecule has 1 atom stereocenters. The molecule has 42 heavy (non-hydrogen) atoms. The summed E-state index contributed by atoms with van der Waals surface area (Å²) in [5, 5.41) is 6.53. The molecule has 216 valence electrons. The van der Waals surface area contributed by atoms with Gasteiger partial charge in [0.1, 0.15) is 18.4 Å². The molecule has 0 aliphatic rings. The van der Waals surface area contributed by atoms with Gasteiger partial charge in [0.25, 0.3) is 0 Å². The number of carbonyl (C=O) groups excluding carboxylic acids is 3. The number of nitrogens with one attached hydrogen (secondary N) is 2. The third-order valence-electron chi connectivity index (χ3n) is 6.78. The largest absolute Gasteiger partial charge is 0.492 e. The van der Waals surface area contributed by atoms with Gasteiger partial charge >= 0.3 is 5.97 Å². The lowest BCUT2D eigenvalue weighted by molar-refractivity contribution is -0.141. The fourth-order valence-electron chi connectivity index (χ4n) is 4.63. The van der Waals surface area contributed by atoms with Crippen molar-refractivity contribution in [3.05, 3.63) is 125 Å². The third kappa shape index (κ3) is 8.07. The first-order valence-electron chi connectivity index (χ1n) is 14.1. The molecule has 7 nitrogen and oxygen atoms in total. The van der Waals surface area contributed by atoms with Crippen LogP contribution in [0, 0.1) is 0 Å². The lowest BCUT2D eigenvalue weighted by atomic mass is 10.00. The molecule has 0 fully saturated rings. The smallest absolute Gasteiger partial charge is 0.328 e. The highest BCUT2D eigenvalue weighted by atomic mass is 16.5. The van der Waals surface area contributed by atoms with Gasteiger partial charge < -0.3 is 20.1 Å². The molecule has 0 amide bonds. The second-order valence-electron chi connectivity index (χ2n) is 9.80. The van der Waals surface area contributed by atoms with E-state index in [9.17, 15) is 14.4 Å². The molecule has 0 aromatic heterocycles. The number of para-hydroxylation sites is 2. The van der Waals surface area contributed by atoms with E-state index < -0.39 is 12.0 Å². The maximum absolute atomic E-state index is 13.2. The molecule has 0 radical (unpaired) electrons. The maximum atomic E-state index is 13.2. The zero-order valence-corrected chi connectivity index (χ0v) is 24.0. The minimum atomic E-state index is -0.703. The van der Waals surface area contributed by atoms with Crippen molar-refractivity contribution in [1.82, 2.24) is 0 Å². The van der Waals surface area contributed by atoms with Crippen LogP contribution < -0.4 is 15.4 Å². The Hall–Kier alpha value is -4.91. The van der Waals surface area contributed by atoms with E-state index in [2.05, 4.69) is 10.6 Å². The monoisotopic (exact) mass is 564 g/mol. The Kier molecular flexibility index (Phi) is 10.9. The summed E-state index contributed by atoms with van der Waals surface area (Å²) in [6.45, 7) is 2.94. The number of hydrogen-bond donors (Lipinski definition) is 2. The van der Waals surface area contributed by atoms with Crippen molar-refractivity contribution in [2.45, 2.75) is 32.2 Å². The van der Waals surface area contributed by atoms with E-state index >= 15 is 0 Å². The van der Waals surface area contributed by atoms with E-state index in [-0.39, 0.29) is 11.6 Å². The van der Waals surface area contributed by atoms with Crippen LogP contribution >= 0.6 is 0 Å². The topological polar surface area (TPSA) is 93.7 Å².